The molecule has 5 nitrogen and oxygen atoms in total. The number of aromatic nitrogens is 2. The molecule has 0 spiro atoms. The van der Waals surface area contributed by atoms with Crippen molar-refractivity contribution >= 4 is 5.95 Å². The molecule has 1 aliphatic rings. The molecule has 1 aromatic heterocycles. The van der Waals surface area contributed by atoms with Crippen LogP contribution in [-0.2, 0) is 13.0 Å². The van der Waals surface area contributed by atoms with Crippen LogP contribution in [0.25, 0.3) is 0 Å². The molecule has 0 radical (unpaired) electrons. The Morgan fingerprint density at radius 1 is 1.20 bits per heavy atom. The minimum absolute atomic E-state index is 0.619. The SMILES string of the molecule is NCCc1cnc(N2CCOc3ccccc3C2)nc1. The van der Waals surface area contributed by atoms with E-state index in [1.807, 2.05) is 30.6 Å². The third-order valence-electron chi connectivity index (χ3n) is 3.36. The van der Waals surface area contributed by atoms with Crippen LogP contribution in [0.15, 0.2) is 36.7 Å². The molecule has 0 fully saturated rings. The van der Waals surface area contributed by atoms with Gasteiger partial charge < -0.3 is 15.4 Å². The molecular formula is C15H18N4O. The summed E-state index contributed by atoms with van der Waals surface area (Å²) in [6.07, 6.45) is 4.52. The molecule has 0 amide bonds. The number of rotatable bonds is 3. The predicted octanol–water partition coefficient (Wildman–Crippen LogP) is 1.38. The van der Waals surface area contributed by atoms with Gasteiger partial charge in [0.05, 0.1) is 6.54 Å². The zero-order valence-corrected chi connectivity index (χ0v) is 11.3. The van der Waals surface area contributed by atoms with E-state index < -0.39 is 0 Å². The lowest BCUT2D eigenvalue weighted by atomic mass is 10.2. The molecule has 20 heavy (non-hydrogen) atoms. The zero-order chi connectivity index (χ0) is 13.8. The highest BCUT2D eigenvalue weighted by Gasteiger charge is 2.16. The maximum Gasteiger partial charge on any atom is 0.225 e. The van der Waals surface area contributed by atoms with Gasteiger partial charge in [-0.3, -0.25) is 0 Å². The van der Waals surface area contributed by atoms with Crippen LogP contribution in [-0.4, -0.2) is 29.7 Å². The standard InChI is InChI=1S/C15H18N4O/c16-6-5-12-9-17-15(18-10-12)19-7-8-20-14-4-2-1-3-13(14)11-19/h1-4,9-10H,5-8,11,16H2. The molecule has 5 heteroatoms. The fraction of sp³-hybridized carbons (Fsp3) is 0.333. The summed E-state index contributed by atoms with van der Waals surface area (Å²) in [5.41, 5.74) is 7.77. The second kappa shape index (κ2) is 5.88. The van der Waals surface area contributed by atoms with Crippen LogP contribution in [0.2, 0.25) is 0 Å². The van der Waals surface area contributed by atoms with Crippen LogP contribution in [0.4, 0.5) is 5.95 Å². The van der Waals surface area contributed by atoms with Crippen molar-refractivity contribution < 1.29 is 4.74 Å². The van der Waals surface area contributed by atoms with Crippen molar-refractivity contribution in [3.63, 3.8) is 0 Å². The number of nitrogens with two attached hydrogens (primary N) is 1. The Labute approximate surface area is 118 Å². The van der Waals surface area contributed by atoms with E-state index in [0.717, 1.165) is 36.8 Å². The van der Waals surface area contributed by atoms with Crippen molar-refractivity contribution in [2.75, 3.05) is 24.6 Å². The van der Waals surface area contributed by atoms with E-state index in [0.29, 0.717) is 13.2 Å². The summed E-state index contributed by atoms with van der Waals surface area (Å²) in [5, 5.41) is 0. The second-order valence-corrected chi connectivity index (χ2v) is 4.81. The molecule has 0 bridgehead atoms. The summed E-state index contributed by atoms with van der Waals surface area (Å²) in [5.74, 6) is 1.70. The molecular weight excluding hydrogens is 252 g/mol. The van der Waals surface area contributed by atoms with Crippen molar-refractivity contribution in [1.29, 1.82) is 0 Å². The minimum atomic E-state index is 0.619. The molecule has 0 aliphatic carbocycles. The van der Waals surface area contributed by atoms with Crippen molar-refractivity contribution in [2.24, 2.45) is 5.73 Å². The number of hydrogen-bond donors (Lipinski definition) is 1. The van der Waals surface area contributed by atoms with E-state index in [4.69, 9.17) is 10.5 Å². The van der Waals surface area contributed by atoms with Crippen LogP contribution in [0, 0.1) is 0 Å². The molecule has 0 unspecified atom stereocenters. The smallest absolute Gasteiger partial charge is 0.225 e. The minimum Gasteiger partial charge on any atom is -0.491 e. The summed E-state index contributed by atoms with van der Waals surface area (Å²) in [4.78, 5) is 11.0. The monoisotopic (exact) mass is 270 g/mol. The highest BCUT2D eigenvalue weighted by Crippen LogP contribution is 2.24. The number of benzene rings is 1. The van der Waals surface area contributed by atoms with Crippen LogP contribution in [0.1, 0.15) is 11.1 Å². The first-order valence-corrected chi connectivity index (χ1v) is 6.83. The van der Waals surface area contributed by atoms with E-state index >= 15 is 0 Å². The van der Waals surface area contributed by atoms with E-state index in [1.165, 1.54) is 5.56 Å². The molecule has 3 rings (SSSR count). The van der Waals surface area contributed by atoms with Gasteiger partial charge in [-0.05, 0) is 24.6 Å². The topological polar surface area (TPSA) is 64.3 Å². The van der Waals surface area contributed by atoms with Gasteiger partial charge in [-0.2, -0.15) is 0 Å². The van der Waals surface area contributed by atoms with Gasteiger partial charge >= 0.3 is 0 Å². The number of fused-ring (bicyclic) bond motifs is 1. The van der Waals surface area contributed by atoms with Crippen molar-refractivity contribution in [3.8, 4) is 5.75 Å². The number of anilines is 1. The third kappa shape index (κ3) is 2.72. The molecule has 2 heterocycles. The molecule has 0 atom stereocenters. The van der Waals surface area contributed by atoms with Crippen molar-refractivity contribution in [3.05, 3.63) is 47.8 Å². The number of hydrogen-bond acceptors (Lipinski definition) is 5. The lowest BCUT2D eigenvalue weighted by Gasteiger charge is -2.19. The predicted molar refractivity (Wildman–Crippen MR) is 77.8 cm³/mol. The number of para-hydroxylation sites is 1. The summed E-state index contributed by atoms with van der Waals surface area (Å²) < 4.78 is 5.75. The third-order valence-corrected chi connectivity index (χ3v) is 3.36. The van der Waals surface area contributed by atoms with Gasteiger partial charge in [-0.1, -0.05) is 18.2 Å². The summed E-state index contributed by atoms with van der Waals surface area (Å²) in [7, 11) is 0. The molecule has 104 valence electrons. The molecule has 2 N–H and O–H groups in total. The maximum atomic E-state index is 5.75. The Hall–Kier alpha value is -2.14. The number of ether oxygens (including phenoxy) is 1. The summed E-state index contributed by atoms with van der Waals surface area (Å²) in [6, 6.07) is 8.10. The Kier molecular flexibility index (Phi) is 3.78. The average Bonchev–Trinajstić information content (AvgIpc) is 2.70. The van der Waals surface area contributed by atoms with Gasteiger partial charge in [0, 0.05) is 24.5 Å². The fourth-order valence-corrected chi connectivity index (χ4v) is 2.30. The largest absolute Gasteiger partial charge is 0.491 e. The Morgan fingerprint density at radius 2 is 2.00 bits per heavy atom. The van der Waals surface area contributed by atoms with Crippen LogP contribution < -0.4 is 15.4 Å². The molecule has 2 aromatic rings. The first-order valence-electron chi connectivity index (χ1n) is 6.83. The Balaban J connectivity index is 1.80. The van der Waals surface area contributed by atoms with Crippen molar-refractivity contribution in [2.45, 2.75) is 13.0 Å². The first-order chi connectivity index (χ1) is 9.86. The van der Waals surface area contributed by atoms with Gasteiger partial charge in [0.2, 0.25) is 5.95 Å². The fourth-order valence-electron chi connectivity index (χ4n) is 2.30. The van der Waals surface area contributed by atoms with Crippen LogP contribution in [0.3, 0.4) is 0 Å². The van der Waals surface area contributed by atoms with Gasteiger partial charge in [-0.15, -0.1) is 0 Å². The Morgan fingerprint density at radius 3 is 2.80 bits per heavy atom. The quantitative estimate of drug-likeness (QED) is 0.912. The molecule has 0 saturated heterocycles. The summed E-state index contributed by atoms with van der Waals surface area (Å²) >= 11 is 0. The van der Waals surface area contributed by atoms with E-state index in [-0.39, 0.29) is 0 Å². The average molecular weight is 270 g/mol. The normalized spacial score (nSPS) is 14.3. The lowest BCUT2D eigenvalue weighted by Crippen LogP contribution is -2.27. The molecule has 0 saturated carbocycles. The van der Waals surface area contributed by atoms with Gasteiger partial charge in [0.1, 0.15) is 12.4 Å². The van der Waals surface area contributed by atoms with E-state index in [2.05, 4.69) is 20.9 Å². The highest BCUT2D eigenvalue weighted by atomic mass is 16.5. The van der Waals surface area contributed by atoms with E-state index in [9.17, 15) is 0 Å². The first kappa shape index (κ1) is 12.9. The van der Waals surface area contributed by atoms with Crippen LogP contribution >= 0.6 is 0 Å². The maximum absolute atomic E-state index is 5.75. The van der Waals surface area contributed by atoms with Gasteiger partial charge in [0.25, 0.3) is 0 Å². The zero-order valence-electron chi connectivity index (χ0n) is 11.3. The molecule has 1 aromatic carbocycles. The lowest BCUT2D eigenvalue weighted by molar-refractivity contribution is 0.331. The van der Waals surface area contributed by atoms with Gasteiger partial charge in [-0.25, -0.2) is 9.97 Å². The summed E-state index contributed by atoms with van der Waals surface area (Å²) in [6.45, 7) is 2.82. The number of nitrogens with zero attached hydrogens (tertiary/aromatic N) is 3. The van der Waals surface area contributed by atoms with Crippen LogP contribution in [0.5, 0.6) is 5.75 Å². The highest BCUT2D eigenvalue weighted by molar-refractivity contribution is 5.40. The van der Waals surface area contributed by atoms with E-state index in [1.54, 1.807) is 0 Å². The van der Waals surface area contributed by atoms with Crippen molar-refractivity contribution in [1.82, 2.24) is 9.97 Å². The Bertz CT molecular complexity index is 570. The van der Waals surface area contributed by atoms with Gasteiger partial charge in [0.15, 0.2) is 0 Å². The second-order valence-electron chi connectivity index (χ2n) is 4.81. The molecule has 1 aliphatic heterocycles.